The molecule has 1 aliphatic heterocycles. The van der Waals surface area contributed by atoms with Crippen LogP contribution < -0.4 is 5.56 Å². The van der Waals surface area contributed by atoms with Crippen molar-refractivity contribution in [1.29, 1.82) is 0 Å². The number of hydrogen-bond donors (Lipinski definition) is 2. The first-order valence-electron chi connectivity index (χ1n) is 9.83. The standard InChI is InChI=1S/C22H27N3O4/c1-24(2)19-12-13-25(14-16(19)8-11-20(26)27)22(29)17-9-10-18(23-21(17)28)15-6-4-3-5-7-15/h3-7,9-10,16,19H,8,11-14H2,1-2H3,(H,23,28)(H,26,27)/t16-,19+/m0/s1. The number of carboxylic acid groups (broad SMARTS) is 1. The van der Waals surface area contributed by atoms with Gasteiger partial charge < -0.3 is 19.9 Å². The van der Waals surface area contributed by atoms with Crippen molar-refractivity contribution < 1.29 is 14.7 Å². The van der Waals surface area contributed by atoms with Crippen LogP contribution in [0.25, 0.3) is 11.3 Å². The number of carbonyl (C=O) groups excluding carboxylic acids is 1. The predicted octanol–water partition coefficient (Wildman–Crippen LogP) is 2.30. The summed E-state index contributed by atoms with van der Waals surface area (Å²) in [7, 11) is 3.95. The molecule has 2 heterocycles. The Morgan fingerprint density at radius 1 is 1.17 bits per heavy atom. The van der Waals surface area contributed by atoms with Gasteiger partial charge in [-0.2, -0.15) is 0 Å². The normalized spacial score (nSPS) is 19.3. The Labute approximate surface area is 170 Å². The van der Waals surface area contributed by atoms with Crippen LogP contribution in [0.5, 0.6) is 0 Å². The van der Waals surface area contributed by atoms with Crippen molar-refractivity contribution >= 4 is 11.9 Å². The molecule has 0 unspecified atom stereocenters. The van der Waals surface area contributed by atoms with Gasteiger partial charge in [-0.15, -0.1) is 0 Å². The minimum absolute atomic E-state index is 0.0569. The first-order chi connectivity index (χ1) is 13.9. The molecule has 0 bridgehead atoms. The number of carboxylic acids is 1. The lowest BCUT2D eigenvalue weighted by atomic mass is 9.87. The van der Waals surface area contributed by atoms with Gasteiger partial charge >= 0.3 is 5.97 Å². The molecule has 3 rings (SSSR count). The van der Waals surface area contributed by atoms with Gasteiger partial charge in [-0.05, 0) is 50.6 Å². The molecule has 1 aliphatic rings. The zero-order chi connectivity index (χ0) is 21.0. The van der Waals surface area contributed by atoms with Crippen molar-refractivity contribution in [3.05, 3.63) is 58.4 Å². The number of pyridine rings is 1. The van der Waals surface area contributed by atoms with Crippen molar-refractivity contribution in [1.82, 2.24) is 14.8 Å². The molecule has 2 N–H and O–H groups in total. The van der Waals surface area contributed by atoms with E-state index in [9.17, 15) is 14.4 Å². The van der Waals surface area contributed by atoms with Crippen molar-refractivity contribution in [2.45, 2.75) is 25.3 Å². The van der Waals surface area contributed by atoms with Crippen LogP contribution in [0, 0.1) is 5.92 Å². The van der Waals surface area contributed by atoms with Gasteiger partial charge in [0.25, 0.3) is 11.5 Å². The second-order valence-electron chi connectivity index (χ2n) is 7.74. The Morgan fingerprint density at radius 3 is 2.52 bits per heavy atom. The minimum Gasteiger partial charge on any atom is -0.481 e. The van der Waals surface area contributed by atoms with E-state index in [-0.39, 0.29) is 29.9 Å². The van der Waals surface area contributed by atoms with E-state index in [2.05, 4.69) is 9.88 Å². The summed E-state index contributed by atoms with van der Waals surface area (Å²) in [4.78, 5) is 43.2. The van der Waals surface area contributed by atoms with Crippen molar-refractivity contribution in [3.8, 4) is 11.3 Å². The van der Waals surface area contributed by atoms with Gasteiger partial charge in [0.1, 0.15) is 5.56 Å². The first kappa shape index (κ1) is 20.8. The van der Waals surface area contributed by atoms with E-state index in [4.69, 9.17) is 5.11 Å². The summed E-state index contributed by atoms with van der Waals surface area (Å²) < 4.78 is 0. The fraction of sp³-hybridized carbons (Fsp3) is 0.409. The van der Waals surface area contributed by atoms with Crippen LogP contribution in [0.4, 0.5) is 0 Å². The Kier molecular flexibility index (Phi) is 6.49. The van der Waals surface area contributed by atoms with Crippen LogP contribution in [-0.4, -0.2) is 65.0 Å². The minimum atomic E-state index is -0.834. The van der Waals surface area contributed by atoms with E-state index in [0.29, 0.717) is 25.2 Å². The topological polar surface area (TPSA) is 93.7 Å². The van der Waals surface area contributed by atoms with Crippen molar-refractivity contribution in [2.75, 3.05) is 27.2 Å². The second kappa shape index (κ2) is 9.05. The molecule has 29 heavy (non-hydrogen) atoms. The summed E-state index contributed by atoms with van der Waals surface area (Å²) in [5.41, 5.74) is 1.25. The molecule has 7 nitrogen and oxygen atoms in total. The number of hydrogen-bond acceptors (Lipinski definition) is 4. The number of aromatic nitrogens is 1. The average molecular weight is 397 g/mol. The van der Waals surface area contributed by atoms with Crippen molar-refractivity contribution in [2.24, 2.45) is 5.92 Å². The molecule has 2 aromatic rings. The summed E-state index contributed by atoms with van der Waals surface area (Å²) in [6, 6.07) is 13.0. The highest BCUT2D eigenvalue weighted by molar-refractivity contribution is 5.94. The van der Waals surface area contributed by atoms with E-state index in [1.807, 2.05) is 44.4 Å². The second-order valence-corrected chi connectivity index (χ2v) is 7.74. The fourth-order valence-corrected chi connectivity index (χ4v) is 4.08. The molecule has 0 saturated carbocycles. The number of benzene rings is 1. The number of amides is 1. The maximum Gasteiger partial charge on any atom is 0.303 e. The Balaban J connectivity index is 1.77. The maximum atomic E-state index is 13.0. The molecule has 0 radical (unpaired) electrons. The summed E-state index contributed by atoms with van der Waals surface area (Å²) in [6.45, 7) is 1.000. The monoisotopic (exact) mass is 397 g/mol. The lowest BCUT2D eigenvalue weighted by molar-refractivity contribution is -0.137. The first-order valence-corrected chi connectivity index (χ1v) is 9.83. The molecule has 7 heteroatoms. The summed E-state index contributed by atoms with van der Waals surface area (Å²) in [5.74, 6) is -1.08. The summed E-state index contributed by atoms with van der Waals surface area (Å²) in [5, 5.41) is 9.04. The number of nitrogens with zero attached hydrogens (tertiary/aromatic N) is 2. The van der Waals surface area contributed by atoms with Crippen LogP contribution in [0.1, 0.15) is 29.6 Å². The Bertz CT molecular complexity index is 923. The molecular formula is C22H27N3O4. The van der Waals surface area contributed by atoms with Crippen LogP contribution in [0.15, 0.2) is 47.3 Å². The van der Waals surface area contributed by atoms with Gasteiger partial charge in [-0.25, -0.2) is 0 Å². The molecule has 1 aromatic carbocycles. The molecule has 1 fully saturated rings. The van der Waals surface area contributed by atoms with E-state index < -0.39 is 11.5 Å². The van der Waals surface area contributed by atoms with Gasteiger partial charge in [0.05, 0.1) is 0 Å². The van der Waals surface area contributed by atoms with E-state index in [1.54, 1.807) is 17.0 Å². The highest BCUT2D eigenvalue weighted by atomic mass is 16.4. The van der Waals surface area contributed by atoms with Gasteiger partial charge in [-0.3, -0.25) is 14.4 Å². The zero-order valence-electron chi connectivity index (χ0n) is 16.8. The number of aromatic amines is 1. The van der Waals surface area contributed by atoms with Crippen LogP contribution in [-0.2, 0) is 4.79 Å². The highest BCUT2D eigenvalue weighted by Gasteiger charge is 2.33. The third kappa shape index (κ3) is 4.92. The van der Waals surface area contributed by atoms with E-state index in [1.165, 1.54) is 0 Å². The van der Waals surface area contributed by atoms with Crippen molar-refractivity contribution in [3.63, 3.8) is 0 Å². The molecule has 0 spiro atoms. The SMILES string of the molecule is CN(C)[C@@H]1CCN(C(=O)c2ccc(-c3ccccc3)[nH]c2=O)C[C@@H]1CCC(=O)O. The molecule has 1 aromatic heterocycles. The quantitative estimate of drug-likeness (QED) is 0.780. The molecule has 2 atom stereocenters. The molecule has 154 valence electrons. The number of likely N-dealkylation sites (tertiary alicyclic amines) is 1. The van der Waals surface area contributed by atoms with Gasteiger partial charge in [-0.1, -0.05) is 30.3 Å². The zero-order valence-corrected chi connectivity index (χ0v) is 16.8. The molecule has 1 saturated heterocycles. The third-order valence-corrected chi connectivity index (χ3v) is 5.60. The third-order valence-electron chi connectivity index (χ3n) is 5.60. The van der Waals surface area contributed by atoms with E-state index in [0.717, 1.165) is 12.0 Å². The van der Waals surface area contributed by atoms with Gasteiger partial charge in [0, 0.05) is 31.2 Å². The van der Waals surface area contributed by atoms with Gasteiger partial charge in [0.2, 0.25) is 0 Å². The number of carbonyl (C=O) groups is 2. The number of piperidine rings is 1. The lowest BCUT2D eigenvalue weighted by Gasteiger charge is -2.41. The van der Waals surface area contributed by atoms with Crippen LogP contribution in [0.3, 0.4) is 0 Å². The van der Waals surface area contributed by atoms with Crippen LogP contribution >= 0.6 is 0 Å². The lowest BCUT2D eigenvalue weighted by Crippen LogP contribution is -2.51. The number of rotatable bonds is 6. The smallest absolute Gasteiger partial charge is 0.303 e. The summed E-state index contributed by atoms with van der Waals surface area (Å²) in [6.07, 6.45) is 1.33. The van der Waals surface area contributed by atoms with Gasteiger partial charge in [0.15, 0.2) is 0 Å². The van der Waals surface area contributed by atoms with E-state index >= 15 is 0 Å². The van der Waals surface area contributed by atoms with Crippen LogP contribution in [0.2, 0.25) is 0 Å². The molecule has 0 aliphatic carbocycles. The number of nitrogens with one attached hydrogen (secondary N) is 1. The molecular weight excluding hydrogens is 370 g/mol. The Morgan fingerprint density at radius 2 is 1.90 bits per heavy atom. The Hall–Kier alpha value is -2.93. The highest BCUT2D eigenvalue weighted by Crippen LogP contribution is 2.26. The predicted molar refractivity (Wildman–Crippen MR) is 111 cm³/mol. The molecule has 1 amide bonds. The maximum absolute atomic E-state index is 13.0. The summed E-state index contributed by atoms with van der Waals surface area (Å²) >= 11 is 0. The largest absolute Gasteiger partial charge is 0.481 e. The average Bonchev–Trinajstić information content (AvgIpc) is 2.72. The number of H-pyrrole nitrogens is 1. The number of aliphatic carboxylic acids is 1. The fourth-order valence-electron chi connectivity index (χ4n) is 4.08.